The van der Waals surface area contributed by atoms with Crippen molar-refractivity contribution >= 4 is 12.1 Å². The molecule has 0 bridgehead atoms. The second kappa shape index (κ2) is 5.71. The third kappa shape index (κ3) is 2.99. The van der Waals surface area contributed by atoms with Gasteiger partial charge in [-0.3, -0.25) is 0 Å². The van der Waals surface area contributed by atoms with E-state index in [-0.39, 0.29) is 6.04 Å². The van der Waals surface area contributed by atoms with Crippen LogP contribution in [0.2, 0.25) is 0 Å². The van der Waals surface area contributed by atoms with E-state index in [1.807, 2.05) is 0 Å². The van der Waals surface area contributed by atoms with E-state index in [1.165, 1.54) is 11.3 Å². The predicted molar refractivity (Wildman–Crippen MR) is 71.9 cm³/mol. The Bertz CT molecular complexity index is 372. The molecule has 0 radical (unpaired) electrons. The van der Waals surface area contributed by atoms with Crippen LogP contribution in [-0.4, -0.2) is 32.1 Å². The summed E-state index contributed by atoms with van der Waals surface area (Å²) < 4.78 is 5.16. The zero-order valence-corrected chi connectivity index (χ0v) is 10.6. The normalized spacial score (nSPS) is 18.1. The first-order valence-corrected chi connectivity index (χ1v) is 6.30. The lowest BCUT2D eigenvalue weighted by Gasteiger charge is -2.24. The van der Waals surface area contributed by atoms with E-state index in [0.29, 0.717) is 6.61 Å². The molecule has 1 unspecified atom stereocenters. The number of hydrogen-bond donors (Lipinski definition) is 0. The summed E-state index contributed by atoms with van der Waals surface area (Å²) in [5, 5.41) is 0. The van der Waals surface area contributed by atoms with Gasteiger partial charge in [-0.2, -0.15) is 0 Å². The summed E-state index contributed by atoms with van der Waals surface area (Å²) in [6.45, 7) is 6.99. The van der Waals surface area contributed by atoms with Gasteiger partial charge in [0, 0.05) is 18.8 Å². The highest BCUT2D eigenvalue weighted by Crippen LogP contribution is 2.17. The van der Waals surface area contributed by atoms with Gasteiger partial charge < -0.3 is 9.64 Å². The van der Waals surface area contributed by atoms with Gasteiger partial charge in [-0.25, -0.2) is 4.99 Å². The third-order valence-corrected chi connectivity index (χ3v) is 3.16. The number of ether oxygens (including phenoxy) is 1. The number of anilines is 1. The molecule has 0 saturated heterocycles. The van der Waals surface area contributed by atoms with E-state index in [9.17, 15) is 0 Å². The van der Waals surface area contributed by atoms with Crippen LogP contribution in [0.15, 0.2) is 29.3 Å². The van der Waals surface area contributed by atoms with Crippen molar-refractivity contribution in [2.24, 2.45) is 4.99 Å². The summed E-state index contributed by atoms with van der Waals surface area (Å²) >= 11 is 0. The predicted octanol–water partition coefficient (Wildman–Crippen LogP) is 2.50. The standard InChI is InChI=1S/C14H20N2O/c1-3-12-5-7-14(8-6-12)16(4-2)9-13-10-17-11-15-13/h5-8,11,13H,3-4,9-10H2,1-2H3. The lowest BCUT2D eigenvalue weighted by atomic mass is 10.1. The zero-order chi connectivity index (χ0) is 12.1. The van der Waals surface area contributed by atoms with Crippen molar-refractivity contribution < 1.29 is 4.74 Å². The van der Waals surface area contributed by atoms with Gasteiger partial charge in [-0.05, 0) is 31.0 Å². The molecule has 1 aromatic carbocycles. The summed E-state index contributed by atoms with van der Waals surface area (Å²) in [6.07, 6.45) is 2.66. The summed E-state index contributed by atoms with van der Waals surface area (Å²) in [7, 11) is 0. The van der Waals surface area contributed by atoms with Crippen LogP contribution < -0.4 is 4.90 Å². The Morgan fingerprint density at radius 2 is 2.06 bits per heavy atom. The molecule has 92 valence electrons. The smallest absolute Gasteiger partial charge is 0.169 e. The largest absolute Gasteiger partial charge is 0.481 e. The molecule has 3 nitrogen and oxygen atoms in total. The van der Waals surface area contributed by atoms with Gasteiger partial charge in [0.05, 0.1) is 0 Å². The quantitative estimate of drug-likeness (QED) is 0.779. The number of aliphatic imine (C=N–C) groups is 1. The molecular formula is C14H20N2O. The molecule has 1 atom stereocenters. The molecule has 1 aliphatic rings. The second-order valence-corrected chi connectivity index (χ2v) is 4.30. The van der Waals surface area contributed by atoms with Gasteiger partial charge in [0.2, 0.25) is 0 Å². The fourth-order valence-corrected chi connectivity index (χ4v) is 2.04. The van der Waals surface area contributed by atoms with Crippen LogP contribution in [0.1, 0.15) is 19.4 Å². The Hall–Kier alpha value is -1.51. The van der Waals surface area contributed by atoms with Crippen molar-refractivity contribution in [1.82, 2.24) is 0 Å². The average molecular weight is 232 g/mol. The lowest BCUT2D eigenvalue weighted by molar-refractivity contribution is 0.328. The van der Waals surface area contributed by atoms with Crippen molar-refractivity contribution in [2.75, 3.05) is 24.6 Å². The van der Waals surface area contributed by atoms with Crippen LogP contribution in [0.5, 0.6) is 0 Å². The highest BCUT2D eigenvalue weighted by atomic mass is 16.5. The molecule has 1 heterocycles. The highest BCUT2D eigenvalue weighted by Gasteiger charge is 2.15. The third-order valence-electron chi connectivity index (χ3n) is 3.16. The van der Waals surface area contributed by atoms with Crippen LogP contribution in [0, 0.1) is 0 Å². The summed E-state index contributed by atoms with van der Waals surface area (Å²) in [4.78, 5) is 6.64. The average Bonchev–Trinajstić information content (AvgIpc) is 2.89. The maximum Gasteiger partial charge on any atom is 0.169 e. The first-order valence-electron chi connectivity index (χ1n) is 6.30. The van der Waals surface area contributed by atoms with E-state index in [0.717, 1.165) is 19.5 Å². The fourth-order valence-electron chi connectivity index (χ4n) is 2.04. The minimum atomic E-state index is 0.279. The van der Waals surface area contributed by atoms with Crippen molar-refractivity contribution in [3.63, 3.8) is 0 Å². The van der Waals surface area contributed by atoms with Crippen molar-refractivity contribution in [3.05, 3.63) is 29.8 Å². The zero-order valence-electron chi connectivity index (χ0n) is 10.6. The van der Waals surface area contributed by atoms with Gasteiger partial charge in [0.15, 0.2) is 6.40 Å². The minimum absolute atomic E-state index is 0.279. The van der Waals surface area contributed by atoms with Gasteiger partial charge >= 0.3 is 0 Å². The first kappa shape index (κ1) is 12.0. The Morgan fingerprint density at radius 3 is 2.59 bits per heavy atom. The van der Waals surface area contributed by atoms with Crippen LogP contribution in [0.4, 0.5) is 5.69 Å². The van der Waals surface area contributed by atoms with E-state index < -0.39 is 0 Å². The van der Waals surface area contributed by atoms with Crippen molar-refractivity contribution in [1.29, 1.82) is 0 Å². The fraction of sp³-hybridized carbons (Fsp3) is 0.500. The van der Waals surface area contributed by atoms with Gasteiger partial charge in [-0.1, -0.05) is 19.1 Å². The van der Waals surface area contributed by atoms with Crippen molar-refractivity contribution in [3.8, 4) is 0 Å². The Morgan fingerprint density at radius 1 is 1.29 bits per heavy atom. The van der Waals surface area contributed by atoms with E-state index in [4.69, 9.17) is 4.74 Å². The van der Waals surface area contributed by atoms with Crippen LogP contribution in [0.25, 0.3) is 0 Å². The second-order valence-electron chi connectivity index (χ2n) is 4.30. The molecule has 1 aromatic rings. The van der Waals surface area contributed by atoms with Crippen LogP contribution in [-0.2, 0) is 11.2 Å². The molecule has 0 saturated carbocycles. The molecule has 0 N–H and O–H groups in total. The number of hydrogen-bond acceptors (Lipinski definition) is 3. The number of aryl methyl sites for hydroxylation is 1. The van der Waals surface area contributed by atoms with Gasteiger partial charge in [0.1, 0.15) is 12.6 Å². The topological polar surface area (TPSA) is 24.8 Å². The molecule has 0 spiro atoms. The summed E-state index contributed by atoms with van der Waals surface area (Å²) in [6, 6.07) is 9.07. The molecular weight excluding hydrogens is 212 g/mol. The molecule has 0 aliphatic carbocycles. The first-order chi connectivity index (χ1) is 8.33. The summed E-state index contributed by atoms with van der Waals surface area (Å²) in [5.41, 5.74) is 2.65. The molecule has 17 heavy (non-hydrogen) atoms. The van der Waals surface area contributed by atoms with E-state index >= 15 is 0 Å². The molecule has 0 fully saturated rings. The minimum Gasteiger partial charge on any atom is -0.481 e. The molecule has 3 heteroatoms. The summed E-state index contributed by atoms with van der Waals surface area (Å²) in [5.74, 6) is 0. The number of rotatable bonds is 5. The maximum atomic E-state index is 5.16. The molecule has 1 aliphatic heterocycles. The van der Waals surface area contributed by atoms with E-state index in [1.54, 1.807) is 6.40 Å². The van der Waals surface area contributed by atoms with Gasteiger partial charge in [-0.15, -0.1) is 0 Å². The molecule has 2 rings (SSSR count). The van der Waals surface area contributed by atoms with Crippen LogP contribution >= 0.6 is 0 Å². The van der Waals surface area contributed by atoms with E-state index in [2.05, 4.69) is 48.0 Å². The highest BCUT2D eigenvalue weighted by molar-refractivity contribution is 5.51. The monoisotopic (exact) mass is 232 g/mol. The Kier molecular flexibility index (Phi) is 4.02. The lowest BCUT2D eigenvalue weighted by Crippen LogP contribution is -2.32. The number of benzene rings is 1. The van der Waals surface area contributed by atoms with Gasteiger partial charge in [0.25, 0.3) is 0 Å². The number of likely N-dealkylation sites (N-methyl/N-ethyl adjacent to an activating group) is 1. The maximum absolute atomic E-state index is 5.16. The molecule has 0 aromatic heterocycles. The van der Waals surface area contributed by atoms with Crippen molar-refractivity contribution in [2.45, 2.75) is 26.3 Å². The SMILES string of the molecule is CCc1ccc(N(CC)CC2COC=N2)cc1. The Labute approximate surface area is 103 Å². The molecule has 0 amide bonds. The van der Waals surface area contributed by atoms with Crippen LogP contribution in [0.3, 0.4) is 0 Å². The number of nitrogens with zero attached hydrogens (tertiary/aromatic N) is 2. The Balaban J connectivity index is 2.02.